The second-order valence-electron chi connectivity index (χ2n) is 19.9. The molecule has 0 saturated carbocycles. The molecule has 8 rings (SSSR count). The number of nitrogens with one attached hydrogen (secondary N) is 2. The highest BCUT2D eigenvalue weighted by Gasteiger charge is 2.36. The highest BCUT2D eigenvalue weighted by molar-refractivity contribution is 6.40. The first-order valence-electron chi connectivity index (χ1n) is 25.4. The van der Waals surface area contributed by atoms with Crippen LogP contribution in [0.4, 0.5) is 33.2 Å². The Morgan fingerprint density at radius 1 is 0.606 bits per heavy atom. The molecule has 2 unspecified atom stereocenters. The van der Waals surface area contributed by atoms with Crippen LogP contribution in [-0.4, -0.2) is 129 Å². The topological polar surface area (TPSA) is 212 Å². The van der Waals surface area contributed by atoms with Crippen molar-refractivity contribution in [1.82, 2.24) is 39.5 Å². The van der Waals surface area contributed by atoms with Gasteiger partial charge in [0.25, 0.3) is 0 Å². The molecule has 384 valence electrons. The quantitative estimate of drug-likeness (QED) is 0.110. The molecule has 8 heterocycles. The molecule has 0 radical (unpaired) electrons. The van der Waals surface area contributed by atoms with E-state index in [1.165, 1.54) is 50.5 Å². The number of rotatable bonds is 7. The number of aromatic nitrogens is 4. The number of nitrogen functional groups attached to an aromatic ring is 2. The molecule has 6 atom stereocenters. The van der Waals surface area contributed by atoms with Crippen molar-refractivity contribution >= 4 is 52.5 Å². The van der Waals surface area contributed by atoms with Crippen molar-refractivity contribution in [2.75, 3.05) is 80.4 Å². The minimum absolute atomic E-state index is 0.173. The number of pyridine rings is 4. The van der Waals surface area contributed by atoms with Crippen LogP contribution in [0.1, 0.15) is 121 Å². The van der Waals surface area contributed by atoms with Crippen LogP contribution in [0.5, 0.6) is 0 Å². The summed E-state index contributed by atoms with van der Waals surface area (Å²) in [6.45, 7) is 17.8. The number of likely N-dealkylation sites (tertiary alicyclic amines) is 3. The third-order valence-corrected chi connectivity index (χ3v) is 14.5. The van der Waals surface area contributed by atoms with Crippen molar-refractivity contribution in [1.29, 1.82) is 0 Å². The lowest BCUT2D eigenvalue weighted by atomic mass is 9.90. The van der Waals surface area contributed by atoms with Crippen molar-refractivity contribution in [3.8, 4) is 0 Å². The van der Waals surface area contributed by atoms with Gasteiger partial charge in [-0.25, -0.2) is 19.9 Å². The lowest BCUT2D eigenvalue weighted by Crippen LogP contribution is -2.50. The normalized spacial score (nSPS) is 22.8. The number of anilines is 5. The van der Waals surface area contributed by atoms with Crippen LogP contribution in [0.2, 0.25) is 0 Å². The van der Waals surface area contributed by atoms with Gasteiger partial charge in [0.15, 0.2) is 0 Å². The number of halogens is 1. The molecule has 0 spiro atoms. The third kappa shape index (κ3) is 14.4. The van der Waals surface area contributed by atoms with Gasteiger partial charge in [-0.3, -0.25) is 19.2 Å². The van der Waals surface area contributed by atoms with Gasteiger partial charge in [0, 0.05) is 57.2 Å². The first-order chi connectivity index (χ1) is 34.0. The molecular formula is C53H76FN13O4. The monoisotopic (exact) mass is 978 g/mol. The number of amides is 4. The van der Waals surface area contributed by atoms with Crippen molar-refractivity contribution in [2.24, 2.45) is 11.8 Å². The molecule has 0 bridgehead atoms. The Kier molecular flexibility index (Phi) is 19.2. The van der Waals surface area contributed by atoms with Gasteiger partial charge in [0.2, 0.25) is 5.95 Å². The Hall–Kier alpha value is -6.27. The van der Waals surface area contributed by atoms with Crippen LogP contribution in [0.15, 0.2) is 61.2 Å². The number of nitrogens with two attached hydrogens (primary N) is 2. The Bertz CT molecular complexity index is 2410. The zero-order valence-electron chi connectivity index (χ0n) is 43.0. The molecule has 4 aromatic rings. The maximum Gasteiger partial charge on any atom is 0.313 e. The number of aryl methyl sites for hydroxylation is 2. The number of carbonyl (C=O) groups is 4. The summed E-state index contributed by atoms with van der Waals surface area (Å²) < 4.78 is 13.2. The number of piperidine rings is 3. The fraction of sp³-hybridized carbons (Fsp3) is 0.547. The van der Waals surface area contributed by atoms with E-state index in [1.807, 2.05) is 33.0 Å². The summed E-state index contributed by atoms with van der Waals surface area (Å²) in [5, 5.41) is 5.33. The van der Waals surface area contributed by atoms with E-state index in [-0.39, 0.29) is 18.0 Å². The number of nitrogens with zero attached hydrogens (tertiary/aromatic N) is 9. The average Bonchev–Trinajstić information content (AvgIpc) is 3.37. The van der Waals surface area contributed by atoms with Crippen LogP contribution in [0.25, 0.3) is 0 Å². The summed E-state index contributed by atoms with van der Waals surface area (Å²) in [5.41, 5.74) is 15.9. The molecule has 4 aromatic heterocycles. The number of hydrogen-bond acceptors (Lipinski definition) is 13. The van der Waals surface area contributed by atoms with E-state index < -0.39 is 29.6 Å². The Morgan fingerprint density at radius 3 is 1.54 bits per heavy atom. The van der Waals surface area contributed by atoms with Gasteiger partial charge in [-0.2, -0.15) is 4.39 Å². The molecular weight excluding hydrogens is 902 g/mol. The number of piperazine rings is 1. The largest absolute Gasteiger partial charge is 0.383 e. The van der Waals surface area contributed by atoms with E-state index in [9.17, 15) is 23.6 Å². The van der Waals surface area contributed by atoms with Crippen molar-refractivity contribution in [2.45, 2.75) is 123 Å². The molecule has 4 aliphatic heterocycles. The highest BCUT2D eigenvalue weighted by Crippen LogP contribution is 2.35. The summed E-state index contributed by atoms with van der Waals surface area (Å²) in [5.74, 6) is -0.745. The van der Waals surface area contributed by atoms with E-state index >= 15 is 0 Å². The van der Waals surface area contributed by atoms with Crippen LogP contribution in [0.3, 0.4) is 0 Å². The molecule has 4 saturated heterocycles. The zero-order chi connectivity index (χ0) is 51.4. The maximum atomic E-state index is 13.3. The first-order valence-corrected chi connectivity index (χ1v) is 25.4. The number of hydrogen-bond donors (Lipinski definition) is 4. The summed E-state index contributed by atoms with van der Waals surface area (Å²) >= 11 is 0. The standard InChI is InChI=1S/C26H37N7O2.C20H24FN5O2.C7H15N/c1-5-19-12-21(14-29-24(19)27)30-25(34)26(35)33-15-17(2)6-8-22(33)20-7-9-23(28-13-20)32-11-10-31(4)18(3)16-32;1-3-13-8-15(10-24-18(13)22)25-19(27)20(28)26-11-12(2)4-6-16(26)14-5-7-17(21)23-9-14;1-7-5-3-4-6-8(7)2/h7,9,12-14,17-18,22H,5-6,8,10-11,15-16H2,1-4H3,(H2,27,29)(H,30,34);5,7-10,12,16H,3-4,6,11H2,1-2H3,(H2,22,24)(H,25,27);7H,3-6H2,1-2H3/t17-,18?,22+;12-,16+;/m00./s1. The molecule has 0 aromatic carbocycles. The van der Waals surface area contributed by atoms with E-state index in [1.54, 1.807) is 28.0 Å². The van der Waals surface area contributed by atoms with Crippen LogP contribution in [-0.2, 0) is 32.0 Å². The van der Waals surface area contributed by atoms with Gasteiger partial charge in [-0.1, -0.05) is 46.2 Å². The van der Waals surface area contributed by atoms with E-state index in [4.69, 9.17) is 16.5 Å². The lowest BCUT2D eigenvalue weighted by molar-refractivity contribution is -0.146. The van der Waals surface area contributed by atoms with Crippen LogP contribution in [0, 0.1) is 17.8 Å². The van der Waals surface area contributed by atoms with Gasteiger partial charge >= 0.3 is 23.6 Å². The molecule has 0 aliphatic carbocycles. The summed E-state index contributed by atoms with van der Waals surface area (Å²) in [6.07, 6.45) is 15.2. The summed E-state index contributed by atoms with van der Waals surface area (Å²) in [7, 11) is 4.36. The molecule has 4 fully saturated rings. The Labute approximate surface area is 419 Å². The second kappa shape index (κ2) is 25.2. The average molecular weight is 978 g/mol. The minimum atomic E-state index is -0.734. The minimum Gasteiger partial charge on any atom is -0.383 e. The SMILES string of the molecule is CC1CCCCN1C.CCc1cc(NC(=O)C(=O)N2C[C@@H](C)CC[C@@H]2c2ccc(F)nc2)cnc1N.CCc1cc(NC(=O)C(=O)N2C[C@@H](C)CC[C@@H]2c2ccc(N3CCN(C)C(C)C3)nc2)cnc1N. The Balaban J connectivity index is 0.000000204. The van der Waals surface area contributed by atoms with Crippen LogP contribution < -0.4 is 27.0 Å². The molecule has 4 aliphatic rings. The fourth-order valence-corrected chi connectivity index (χ4v) is 9.69. The third-order valence-electron chi connectivity index (χ3n) is 14.5. The van der Waals surface area contributed by atoms with E-state index in [0.29, 0.717) is 67.3 Å². The summed E-state index contributed by atoms with van der Waals surface area (Å²) in [6, 6.07) is 11.3. The van der Waals surface area contributed by atoms with Crippen molar-refractivity contribution in [3.05, 3.63) is 89.4 Å². The predicted molar refractivity (Wildman–Crippen MR) is 278 cm³/mol. The number of likely N-dealkylation sites (N-methyl/N-ethyl adjacent to an activating group) is 1. The summed E-state index contributed by atoms with van der Waals surface area (Å²) in [4.78, 5) is 78.6. The molecule has 71 heavy (non-hydrogen) atoms. The van der Waals surface area contributed by atoms with E-state index in [2.05, 4.69) is 81.2 Å². The molecule has 17 nitrogen and oxygen atoms in total. The Morgan fingerprint density at radius 2 is 1.11 bits per heavy atom. The van der Waals surface area contributed by atoms with E-state index in [0.717, 1.165) is 73.0 Å². The van der Waals surface area contributed by atoms with Crippen LogP contribution >= 0.6 is 0 Å². The first kappa shape index (κ1) is 54.1. The van der Waals surface area contributed by atoms with Gasteiger partial charge in [-0.15, -0.1) is 0 Å². The highest BCUT2D eigenvalue weighted by atomic mass is 19.1. The van der Waals surface area contributed by atoms with Crippen molar-refractivity contribution in [3.63, 3.8) is 0 Å². The molecule has 6 N–H and O–H groups in total. The second-order valence-corrected chi connectivity index (χ2v) is 19.9. The van der Waals surface area contributed by atoms with Crippen molar-refractivity contribution < 1.29 is 23.6 Å². The van der Waals surface area contributed by atoms with Gasteiger partial charge in [0.05, 0.1) is 35.9 Å². The zero-order valence-corrected chi connectivity index (χ0v) is 43.0. The van der Waals surface area contributed by atoms with Gasteiger partial charge < -0.3 is 46.6 Å². The fourth-order valence-electron chi connectivity index (χ4n) is 9.69. The predicted octanol–water partition coefficient (Wildman–Crippen LogP) is 6.89. The molecule has 18 heteroatoms. The van der Waals surface area contributed by atoms with Gasteiger partial charge in [0.1, 0.15) is 17.5 Å². The lowest BCUT2D eigenvalue weighted by Gasteiger charge is -2.39. The maximum absolute atomic E-state index is 13.3. The van der Waals surface area contributed by atoms with Gasteiger partial charge in [-0.05, 0) is 144 Å². The smallest absolute Gasteiger partial charge is 0.313 e. The molecule has 4 amide bonds. The number of carbonyl (C=O) groups excluding carboxylic acids is 4.